The van der Waals surface area contributed by atoms with Gasteiger partial charge < -0.3 is 20.1 Å². The first-order valence-electron chi connectivity index (χ1n) is 10.0. The van der Waals surface area contributed by atoms with Gasteiger partial charge in [-0.15, -0.1) is 11.3 Å². The second-order valence-corrected chi connectivity index (χ2v) is 10.8. The van der Waals surface area contributed by atoms with Crippen LogP contribution in [0, 0.1) is 0 Å². The zero-order chi connectivity index (χ0) is 23.8. The lowest BCUT2D eigenvalue weighted by atomic mass is 10.1. The molecule has 0 bridgehead atoms. The molecule has 0 amide bonds. The average Bonchev–Trinajstić information content (AvgIpc) is 3.33. The summed E-state index contributed by atoms with van der Waals surface area (Å²) in [6, 6.07) is 12.2. The number of alkyl halides is 3. The Labute approximate surface area is 200 Å². The van der Waals surface area contributed by atoms with Crippen LogP contribution in [0.5, 0.6) is 5.75 Å². The topological polar surface area (TPSA) is 67.6 Å². The molecule has 0 radical (unpaired) electrons. The molecule has 33 heavy (non-hydrogen) atoms. The van der Waals surface area contributed by atoms with Gasteiger partial charge in [-0.3, -0.25) is 0 Å². The fourth-order valence-electron chi connectivity index (χ4n) is 3.61. The Kier molecular flexibility index (Phi) is 6.90. The van der Waals surface area contributed by atoms with Crippen LogP contribution in [0.3, 0.4) is 0 Å². The van der Waals surface area contributed by atoms with Crippen molar-refractivity contribution in [3.8, 4) is 16.9 Å². The maximum absolute atomic E-state index is 13.5. The summed E-state index contributed by atoms with van der Waals surface area (Å²) in [4.78, 5) is 1.99. The quantitative estimate of drug-likeness (QED) is 0.402. The first-order valence-corrected chi connectivity index (χ1v) is 12.4. The Morgan fingerprint density at radius 3 is 2.64 bits per heavy atom. The Hall–Kier alpha value is -2.27. The number of rotatable bonds is 6. The highest BCUT2D eigenvalue weighted by molar-refractivity contribution is 7.88. The van der Waals surface area contributed by atoms with Gasteiger partial charge in [0.25, 0.3) is 0 Å². The maximum Gasteiger partial charge on any atom is 0.419 e. The summed E-state index contributed by atoms with van der Waals surface area (Å²) < 4.78 is 62.7. The molecule has 5 nitrogen and oxygen atoms in total. The molecule has 2 aromatic carbocycles. The second kappa shape index (κ2) is 9.54. The van der Waals surface area contributed by atoms with Gasteiger partial charge in [-0.1, -0.05) is 29.8 Å². The highest BCUT2D eigenvalue weighted by atomic mass is 35.5. The van der Waals surface area contributed by atoms with E-state index < -0.39 is 22.7 Å². The minimum absolute atomic E-state index is 0.244. The lowest BCUT2D eigenvalue weighted by Gasteiger charge is -2.19. The van der Waals surface area contributed by atoms with Crippen molar-refractivity contribution >= 4 is 45.3 Å². The van der Waals surface area contributed by atoms with Gasteiger partial charge in [0.2, 0.25) is 0 Å². The maximum atomic E-state index is 13.5. The summed E-state index contributed by atoms with van der Waals surface area (Å²) in [6.45, 7) is 1.29. The van der Waals surface area contributed by atoms with Crippen LogP contribution in [0.4, 0.5) is 24.5 Å². The van der Waals surface area contributed by atoms with Crippen LogP contribution in [0.2, 0.25) is 4.34 Å². The number of anilines is 2. The largest absolute Gasteiger partial charge is 0.488 e. The number of hydrogen-bond donors (Lipinski definition) is 2. The summed E-state index contributed by atoms with van der Waals surface area (Å²) in [6.07, 6.45) is -4.27. The molecule has 1 fully saturated rings. The zero-order valence-corrected chi connectivity index (χ0v) is 19.9. The van der Waals surface area contributed by atoms with Crippen LogP contribution < -0.4 is 15.2 Å². The smallest absolute Gasteiger partial charge is 0.419 e. The SMILES string of the molecule is CN1CC[C@@H](Oc2cc(NS(=O)c3cc(-c4ccccc4N)c(Cl)s3)ccc2C(F)(F)F)C1. The lowest BCUT2D eigenvalue weighted by Crippen LogP contribution is -2.23. The van der Waals surface area contributed by atoms with Crippen LogP contribution in [0.15, 0.2) is 52.7 Å². The Bertz CT molecular complexity index is 1190. The molecular weight excluding hydrogens is 495 g/mol. The third kappa shape index (κ3) is 5.46. The molecule has 4 rings (SSSR count). The van der Waals surface area contributed by atoms with Crippen molar-refractivity contribution in [2.75, 3.05) is 30.6 Å². The Balaban J connectivity index is 1.57. The molecule has 2 heterocycles. The molecule has 1 aliphatic heterocycles. The molecule has 11 heteroatoms. The summed E-state index contributed by atoms with van der Waals surface area (Å²) in [5.74, 6) is -0.285. The number of nitrogens with two attached hydrogens (primary N) is 1. The molecule has 1 aliphatic rings. The summed E-state index contributed by atoms with van der Waals surface area (Å²) in [5, 5.41) is 0. The zero-order valence-electron chi connectivity index (χ0n) is 17.5. The van der Waals surface area contributed by atoms with E-state index in [0.29, 0.717) is 38.3 Å². The number of ether oxygens (including phenoxy) is 1. The molecule has 0 aliphatic carbocycles. The normalized spacial score (nSPS) is 17.8. The van der Waals surface area contributed by atoms with Crippen molar-refractivity contribution in [2.45, 2.75) is 22.9 Å². The monoisotopic (exact) mass is 515 g/mol. The van der Waals surface area contributed by atoms with Crippen molar-refractivity contribution in [2.24, 2.45) is 0 Å². The van der Waals surface area contributed by atoms with Crippen LogP contribution in [0.1, 0.15) is 12.0 Å². The minimum atomic E-state index is -4.57. The van der Waals surface area contributed by atoms with Gasteiger partial charge in [-0.25, -0.2) is 4.21 Å². The lowest BCUT2D eigenvalue weighted by molar-refractivity contribution is -0.139. The second-order valence-electron chi connectivity index (χ2n) is 7.71. The van der Waals surface area contributed by atoms with E-state index in [2.05, 4.69) is 4.72 Å². The molecule has 176 valence electrons. The number of benzene rings is 2. The highest BCUT2D eigenvalue weighted by Crippen LogP contribution is 2.41. The van der Waals surface area contributed by atoms with E-state index in [1.807, 2.05) is 24.1 Å². The standard InChI is InChI=1S/C22H21ClF3N3O2S2/c1-29-9-8-14(12-29)31-19-10-13(6-7-17(19)22(24,25)26)28-33(30)20-11-16(21(23)32-20)15-4-2-3-5-18(15)27/h2-7,10-11,14,28H,8-9,12,27H2,1H3/t14-,33?/m1/s1. The fraction of sp³-hybridized carbons (Fsp3) is 0.273. The average molecular weight is 516 g/mol. The van der Waals surface area contributed by atoms with Gasteiger partial charge in [-0.05, 0) is 37.7 Å². The van der Waals surface area contributed by atoms with Crippen molar-refractivity contribution in [1.82, 2.24) is 4.90 Å². The molecule has 1 saturated heterocycles. The number of hydrogen-bond acceptors (Lipinski definition) is 5. The van der Waals surface area contributed by atoms with Crippen molar-refractivity contribution in [3.05, 3.63) is 58.4 Å². The van der Waals surface area contributed by atoms with Gasteiger partial charge in [-0.2, -0.15) is 13.2 Å². The molecular formula is C22H21ClF3N3O2S2. The summed E-state index contributed by atoms with van der Waals surface area (Å²) >= 11 is 7.47. The van der Waals surface area contributed by atoms with Crippen molar-refractivity contribution in [1.29, 1.82) is 0 Å². The van der Waals surface area contributed by atoms with Crippen LogP contribution in [0.25, 0.3) is 11.1 Å². The van der Waals surface area contributed by atoms with E-state index in [1.54, 1.807) is 18.2 Å². The molecule has 0 spiro atoms. The number of nitrogens with one attached hydrogen (secondary N) is 1. The number of nitrogen functional groups attached to an aromatic ring is 1. The van der Waals surface area contributed by atoms with Crippen molar-refractivity contribution < 1.29 is 22.1 Å². The van der Waals surface area contributed by atoms with Crippen LogP contribution in [-0.2, 0) is 17.2 Å². The van der Waals surface area contributed by atoms with Gasteiger partial charge in [0.05, 0.1) is 11.3 Å². The first-order chi connectivity index (χ1) is 15.6. The number of halogens is 4. The van der Waals surface area contributed by atoms with E-state index in [9.17, 15) is 17.4 Å². The van der Waals surface area contributed by atoms with Gasteiger partial charge in [0.1, 0.15) is 20.4 Å². The number of thiophene rings is 1. The minimum Gasteiger partial charge on any atom is -0.488 e. The third-order valence-corrected chi connectivity index (χ3v) is 8.00. The molecule has 0 saturated carbocycles. The number of para-hydroxylation sites is 1. The molecule has 2 atom stereocenters. The first kappa shape index (κ1) is 23.9. The predicted octanol–water partition coefficient (Wildman–Crippen LogP) is 5.89. The number of likely N-dealkylation sites (N-methyl/N-ethyl adjacent to an activating group) is 1. The highest BCUT2D eigenvalue weighted by Gasteiger charge is 2.36. The summed E-state index contributed by atoms with van der Waals surface area (Å²) in [7, 11) is 0.136. The number of nitrogens with zero attached hydrogens (tertiary/aromatic N) is 1. The van der Waals surface area contributed by atoms with Gasteiger partial charge in [0.15, 0.2) is 11.0 Å². The van der Waals surface area contributed by atoms with E-state index in [4.69, 9.17) is 22.1 Å². The van der Waals surface area contributed by atoms with Gasteiger partial charge >= 0.3 is 6.18 Å². The van der Waals surface area contributed by atoms with E-state index in [1.165, 1.54) is 12.1 Å². The van der Waals surface area contributed by atoms with E-state index in [-0.39, 0.29) is 17.5 Å². The fourth-order valence-corrected chi connectivity index (χ4v) is 6.13. The molecule has 1 unspecified atom stereocenters. The van der Waals surface area contributed by atoms with Crippen LogP contribution in [-0.4, -0.2) is 35.3 Å². The van der Waals surface area contributed by atoms with Crippen LogP contribution >= 0.6 is 22.9 Å². The Morgan fingerprint density at radius 2 is 1.97 bits per heavy atom. The Morgan fingerprint density at radius 1 is 1.21 bits per heavy atom. The molecule has 3 N–H and O–H groups in total. The summed E-state index contributed by atoms with van der Waals surface area (Å²) in [5.41, 5.74) is 7.29. The third-order valence-electron chi connectivity index (χ3n) is 5.24. The molecule has 1 aromatic heterocycles. The van der Waals surface area contributed by atoms with Crippen molar-refractivity contribution in [3.63, 3.8) is 0 Å². The van der Waals surface area contributed by atoms with E-state index >= 15 is 0 Å². The predicted molar refractivity (Wildman–Crippen MR) is 127 cm³/mol. The van der Waals surface area contributed by atoms with Gasteiger partial charge in [0, 0.05) is 36.0 Å². The van der Waals surface area contributed by atoms with E-state index in [0.717, 1.165) is 23.9 Å². The number of likely N-dealkylation sites (tertiary alicyclic amines) is 1. The molecule has 3 aromatic rings.